The van der Waals surface area contributed by atoms with Crippen molar-refractivity contribution in [3.8, 4) is 5.69 Å². The molecule has 2 N–H and O–H groups in total. The van der Waals surface area contributed by atoms with E-state index in [-0.39, 0.29) is 11.5 Å². The molecule has 2 aromatic rings. The van der Waals surface area contributed by atoms with Gasteiger partial charge in [-0.15, -0.1) is 0 Å². The van der Waals surface area contributed by atoms with E-state index in [9.17, 15) is 0 Å². The summed E-state index contributed by atoms with van der Waals surface area (Å²) in [4.78, 5) is 4.10. The Morgan fingerprint density at radius 1 is 1.32 bits per heavy atom. The Labute approximate surface area is 114 Å². The Bertz CT molecular complexity index is 596. The first-order valence-electron chi connectivity index (χ1n) is 6.85. The average molecular weight is 255 g/mol. The predicted octanol–water partition coefficient (Wildman–Crippen LogP) is 3.15. The molecule has 1 unspecified atom stereocenters. The molecule has 1 atom stereocenters. The van der Waals surface area contributed by atoms with Crippen molar-refractivity contribution in [3.63, 3.8) is 0 Å². The smallest absolute Gasteiger partial charge is 0.0485 e. The van der Waals surface area contributed by atoms with E-state index in [1.165, 1.54) is 22.6 Å². The number of nitrogens with zero attached hydrogens (tertiary/aromatic N) is 2. The van der Waals surface area contributed by atoms with E-state index in [0.717, 1.165) is 12.8 Å². The van der Waals surface area contributed by atoms with Crippen molar-refractivity contribution in [1.29, 1.82) is 0 Å². The van der Waals surface area contributed by atoms with E-state index < -0.39 is 0 Å². The SMILES string of the molecule is Cc1cc2c(n1-c1ccncc1)CC(C)(C)CC2N. The number of rotatable bonds is 1. The van der Waals surface area contributed by atoms with Gasteiger partial charge in [-0.2, -0.15) is 0 Å². The molecule has 0 saturated carbocycles. The largest absolute Gasteiger partial charge is 0.324 e. The fourth-order valence-electron chi connectivity index (χ4n) is 3.30. The summed E-state index contributed by atoms with van der Waals surface area (Å²) in [6, 6.07) is 6.51. The van der Waals surface area contributed by atoms with Crippen LogP contribution in [0, 0.1) is 12.3 Å². The van der Waals surface area contributed by atoms with E-state index >= 15 is 0 Å². The number of pyridine rings is 1. The van der Waals surface area contributed by atoms with Gasteiger partial charge in [-0.05, 0) is 48.9 Å². The van der Waals surface area contributed by atoms with E-state index in [1.807, 2.05) is 12.4 Å². The van der Waals surface area contributed by atoms with Crippen LogP contribution in [-0.2, 0) is 6.42 Å². The maximum absolute atomic E-state index is 6.36. The van der Waals surface area contributed by atoms with Gasteiger partial charge in [0.2, 0.25) is 0 Å². The van der Waals surface area contributed by atoms with Gasteiger partial charge in [0.1, 0.15) is 0 Å². The van der Waals surface area contributed by atoms with Crippen LogP contribution in [0.3, 0.4) is 0 Å². The van der Waals surface area contributed by atoms with Crippen molar-refractivity contribution in [3.05, 3.63) is 47.5 Å². The number of fused-ring (bicyclic) bond motifs is 1. The quantitative estimate of drug-likeness (QED) is 0.850. The summed E-state index contributed by atoms with van der Waals surface area (Å²) in [5.41, 5.74) is 11.7. The van der Waals surface area contributed by atoms with Crippen molar-refractivity contribution in [1.82, 2.24) is 9.55 Å². The zero-order chi connectivity index (χ0) is 13.6. The lowest BCUT2D eigenvalue weighted by Gasteiger charge is -2.34. The van der Waals surface area contributed by atoms with Crippen molar-refractivity contribution in [2.45, 2.75) is 39.7 Å². The highest BCUT2D eigenvalue weighted by Gasteiger charge is 2.33. The minimum Gasteiger partial charge on any atom is -0.324 e. The molecule has 0 radical (unpaired) electrons. The lowest BCUT2D eigenvalue weighted by Crippen LogP contribution is -2.30. The molecule has 0 amide bonds. The van der Waals surface area contributed by atoms with Crippen LogP contribution >= 0.6 is 0 Å². The number of aromatic nitrogens is 2. The predicted molar refractivity (Wildman–Crippen MR) is 77.3 cm³/mol. The van der Waals surface area contributed by atoms with E-state index in [0.29, 0.717) is 0 Å². The maximum atomic E-state index is 6.36. The highest BCUT2D eigenvalue weighted by molar-refractivity contribution is 5.43. The normalized spacial score (nSPS) is 21.2. The van der Waals surface area contributed by atoms with Gasteiger partial charge in [-0.25, -0.2) is 0 Å². The van der Waals surface area contributed by atoms with E-state index in [1.54, 1.807) is 0 Å². The summed E-state index contributed by atoms with van der Waals surface area (Å²) in [5.74, 6) is 0. The molecule has 0 saturated heterocycles. The maximum Gasteiger partial charge on any atom is 0.0485 e. The molecule has 3 heteroatoms. The zero-order valence-electron chi connectivity index (χ0n) is 11.9. The van der Waals surface area contributed by atoms with Crippen molar-refractivity contribution in [2.24, 2.45) is 11.1 Å². The molecule has 2 aromatic heterocycles. The van der Waals surface area contributed by atoms with Crippen LogP contribution in [0.25, 0.3) is 5.69 Å². The standard InChI is InChI=1S/C16H21N3/c1-11-8-13-14(17)9-16(2,3)10-15(13)19(11)12-4-6-18-7-5-12/h4-8,14H,9-10,17H2,1-3H3. The highest BCUT2D eigenvalue weighted by Crippen LogP contribution is 2.41. The molecular formula is C16H21N3. The van der Waals surface area contributed by atoms with Crippen LogP contribution < -0.4 is 5.73 Å². The van der Waals surface area contributed by atoms with E-state index in [4.69, 9.17) is 5.73 Å². The fourth-order valence-corrected chi connectivity index (χ4v) is 3.30. The molecule has 19 heavy (non-hydrogen) atoms. The van der Waals surface area contributed by atoms with E-state index in [2.05, 4.69) is 48.5 Å². The van der Waals surface area contributed by atoms with Gasteiger partial charge in [0, 0.05) is 35.5 Å². The molecule has 2 heterocycles. The van der Waals surface area contributed by atoms with Crippen LogP contribution in [0.5, 0.6) is 0 Å². The molecule has 3 nitrogen and oxygen atoms in total. The minimum absolute atomic E-state index is 0.153. The molecule has 100 valence electrons. The molecule has 3 rings (SSSR count). The van der Waals surface area contributed by atoms with Crippen LogP contribution in [0.15, 0.2) is 30.6 Å². The second kappa shape index (κ2) is 4.20. The average Bonchev–Trinajstić information content (AvgIpc) is 2.65. The summed E-state index contributed by atoms with van der Waals surface area (Å²) >= 11 is 0. The lowest BCUT2D eigenvalue weighted by atomic mass is 9.74. The first-order chi connectivity index (χ1) is 8.98. The summed E-state index contributed by atoms with van der Waals surface area (Å²) in [5, 5.41) is 0. The van der Waals surface area contributed by atoms with Crippen molar-refractivity contribution in [2.75, 3.05) is 0 Å². The van der Waals surface area contributed by atoms with Gasteiger partial charge in [0.25, 0.3) is 0 Å². The molecule has 0 spiro atoms. The van der Waals surface area contributed by atoms with Crippen LogP contribution in [0.1, 0.15) is 43.3 Å². The van der Waals surface area contributed by atoms with Crippen LogP contribution in [0.2, 0.25) is 0 Å². The monoisotopic (exact) mass is 255 g/mol. The zero-order valence-corrected chi connectivity index (χ0v) is 11.9. The second-order valence-corrected chi connectivity index (χ2v) is 6.38. The fraction of sp³-hybridized carbons (Fsp3) is 0.438. The van der Waals surface area contributed by atoms with Crippen LogP contribution in [0.4, 0.5) is 0 Å². The molecule has 0 aromatic carbocycles. The van der Waals surface area contributed by atoms with Gasteiger partial charge in [-0.1, -0.05) is 13.8 Å². The molecule has 1 aliphatic rings. The summed E-state index contributed by atoms with van der Waals surface area (Å²) in [7, 11) is 0. The van der Waals surface area contributed by atoms with Gasteiger partial charge >= 0.3 is 0 Å². The second-order valence-electron chi connectivity index (χ2n) is 6.38. The molecule has 1 aliphatic carbocycles. The van der Waals surface area contributed by atoms with Gasteiger partial charge in [0.15, 0.2) is 0 Å². The lowest BCUT2D eigenvalue weighted by molar-refractivity contribution is 0.278. The number of hydrogen-bond donors (Lipinski definition) is 1. The first-order valence-corrected chi connectivity index (χ1v) is 6.85. The van der Waals surface area contributed by atoms with Crippen LogP contribution in [-0.4, -0.2) is 9.55 Å². The first kappa shape index (κ1) is 12.4. The molecule has 0 fully saturated rings. The summed E-state index contributed by atoms with van der Waals surface area (Å²) in [6.07, 6.45) is 5.82. The Morgan fingerprint density at radius 2 is 2.00 bits per heavy atom. The highest BCUT2D eigenvalue weighted by atomic mass is 15.0. The number of nitrogens with two attached hydrogens (primary N) is 1. The Kier molecular flexibility index (Phi) is 2.75. The van der Waals surface area contributed by atoms with Gasteiger partial charge in [0.05, 0.1) is 0 Å². The Hall–Kier alpha value is -1.61. The van der Waals surface area contributed by atoms with Gasteiger partial charge < -0.3 is 10.3 Å². The topological polar surface area (TPSA) is 43.8 Å². The molecule has 0 bridgehead atoms. The Balaban J connectivity index is 2.18. The van der Waals surface area contributed by atoms with Crippen molar-refractivity contribution < 1.29 is 0 Å². The number of aryl methyl sites for hydroxylation is 1. The Morgan fingerprint density at radius 3 is 2.68 bits per heavy atom. The van der Waals surface area contributed by atoms with Gasteiger partial charge in [-0.3, -0.25) is 4.98 Å². The minimum atomic E-state index is 0.153. The third-order valence-corrected chi connectivity index (χ3v) is 4.06. The summed E-state index contributed by atoms with van der Waals surface area (Å²) < 4.78 is 2.33. The molecular weight excluding hydrogens is 234 g/mol. The third-order valence-electron chi connectivity index (χ3n) is 4.06. The third kappa shape index (κ3) is 2.08. The summed E-state index contributed by atoms with van der Waals surface area (Å²) in [6.45, 7) is 6.75. The molecule has 0 aliphatic heterocycles. The van der Waals surface area contributed by atoms with Crippen molar-refractivity contribution >= 4 is 0 Å². The number of hydrogen-bond acceptors (Lipinski definition) is 2.